The van der Waals surface area contributed by atoms with Crippen LogP contribution in [0.4, 0.5) is 34.1 Å². The van der Waals surface area contributed by atoms with Gasteiger partial charge in [-0.3, -0.25) is 0 Å². The molecule has 4 aromatic heterocycles. The summed E-state index contributed by atoms with van der Waals surface area (Å²) in [6.07, 6.45) is 6.62. The van der Waals surface area contributed by atoms with Crippen molar-refractivity contribution < 1.29 is 42.1 Å². The largest absolute Gasteiger partial charge is 2.00 e. The summed E-state index contributed by atoms with van der Waals surface area (Å²) in [6, 6.07) is 67.8. The first-order valence-electron chi connectivity index (χ1n) is 18.4. The van der Waals surface area contributed by atoms with Gasteiger partial charge in [0.05, 0.1) is 0 Å². The second-order valence-corrected chi connectivity index (χ2v) is 13.2. The maximum absolute atomic E-state index is 4.64. The molecular formula is C49H30N8Pt2. The number of nitrogens with zero attached hydrogens (tertiary/aromatic N) is 8. The zero-order valence-electron chi connectivity index (χ0n) is 31.0. The number of rotatable bonds is 9. The van der Waals surface area contributed by atoms with Gasteiger partial charge in [0, 0.05) is 23.8 Å². The second kappa shape index (κ2) is 17.5. The number of fused-ring (bicyclic) bond motifs is 3. The van der Waals surface area contributed by atoms with E-state index in [1.807, 2.05) is 102 Å². The summed E-state index contributed by atoms with van der Waals surface area (Å²) < 4.78 is 2.01. The standard InChI is InChI=1S/C49H30N8.2Pt/c1-3-15-37(16-4-1)55(39-19-11-13-35(29-39)45-21-7-9-27-51-45)41-23-25-43-44-26-24-42(32-48(44)57(47(43)31-41)49-53-33-50-34-54-49)56(38-17-5-2-6-18-38)40-20-12-14-36(30-40)46-22-8-10-28-52-46;;/h1-28,33-34H;;/q-4;2*+2. The quantitative estimate of drug-likeness (QED) is 0.133. The fourth-order valence-corrected chi connectivity index (χ4v) is 7.14. The summed E-state index contributed by atoms with van der Waals surface area (Å²) >= 11 is 0. The van der Waals surface area contributed by atoms with Crippen LogP contribution >= 0.6 is 0 Å². The Labute approximate surface area is 370 Å². The first-order valence-corrected chi connectivity index (χ1v) is 18.4. The Morgan fingerprint density at radius 3 is 1.27 bits per heavy atom. The number of aromatic nitrogens is 6. The molecule has 0 aliphatic rings. The Hall–Kier alpha value is -6.59. The molecule has 0 radical (unpaired) electrons. The maximum Gasteiger partial charge on any atom is 2.00 e. The van der Waals surface area contributed by atoms with Gasteiger partial charge in [0.25, 0.3) is 0 Å². The minimum absolute atomic E-state index is 0. The van der Waals surface area contributed by atoms with Crippen LogP contribution in [0.2, 0.25) is 0 Å². The van der Waals surface area contributed by atoms with Gasteiger partial charge in [-0.1, -0.05) is 83.1 Å². The normalized spacial score (nSPS) is 10.8. The van der Waals surface area contributed by atoms with Crippen LogP contribution in [0.15, 0.2) is 183 Å². The molecule has 6 aromatic carbocycles. The zero-order valence-corrected chi connectivity index (χ0v) is 35.6. The predicted octanol–water partition coefficient (Wildman–Crippen LogP) is 11.2. The van der Waals surface area contributed by atoms with Crippen LogP contribution in [0.25, 0.3) is 50.3 Å². The molecule has 0 fully saturated rings. The number of hydrogen-bond acceptors (Lipinski definition) is 7. The van der Waals surface area contributed by atoms with Crippen LogP contribution in [0.1, 0.15) is 0 Å². The van der Waals surface area contributed by atoms with E-state index in [0.717, 1.165) is 78.4 Å². The van der Waals surface area contributed by atoms with Crippen molar-refractivity contribution in [2.45, 2.75) is 0 Å². The van der Waals surface area contributed by atoms with Crippen molar-refractivity contribution in [1.82, 2.24) is 29.5 Å². The molecule has 4 heterocycles. The van der Waals surface area contributed by atoms with Crippen LogP contribution in [0.5, 0.6) is 0 Å². The molecule has 0 aliphatic carbocycles. The van der Waals surface area contributed by atoms with Crippen molar-refractivity contribution in [1.29, 1.82) is 0 Å². The number of hydrogen-bond donors (Lipinski definition) is 0. The van der Waals surface area contributed by atoms with Crippen molar-refractivity contribution in [2.24, 2.45) is 0 Å². The average Bonchev–Trinajstić information content (AvgIpc) is 3.61. The maximum atomic E-state index is 4.64. The summed E-state index contributed by atoms with van der Waals surface area (Å²) in [4.78, 5) is 26.9. The van der Waals surface area contributed by atoms with Gasteiger partial charge in [0.1, 0.15) is 12.7 Å². The van der Waals surface area contributed by atoms with Crippen molar-refractivity contribution >= 4 is 55.9 Å². The fraction of sp³-hybridized carbons (Fsp3) is 0. The molecular weight excluding hydrogens is 1090 g/mol. The molecule has 0 unspecified atom stereocenters. The second-order valence-electron chi connectivity index (χ2n) is 13.2. The van der Waals surface area contributed by atoms with E-state index in [0.29, 0.717) is 5.95 Å². The first-order chi connectivity index (χ1) is 28.3. The van der Waals surface area contributed by atoms with Crippen LogP contribution in [0, 0.1) is 24.3 Å². The summed E-state index contributed by atoms with van der Waals surface area (Å²) in [7, 11) is 0. The molecule has 0 aliphatic heterocycles. The van der Waals surface area contributed by atoms with E-state index in [1.165, 1.54) is 12.7 Å². The number of benzene rings is 6. The molecule has 0 saturated carbocycles. The van der Waals surface area contributed by atoms with Crippen molar-refractivity contribution in [3.63, 3.8) is 0 Å². The van der Waals surface area contributed by atoms with Gasteiger partial charge >= 0.3 is 42.1 Å². The molecule has 10 heteroatoms. The van der Waals surface area contributed by atoms with Crippen LogP contribution in [0.3, 0.4) is 0 Å². The molecule has 286 valence electrons. The molecule has 59 heavy (non-hydrogen) atoms. The Morgan fingerprint density at radius 2 is 0.831 bits per heavy atom. The van der Waals surface area contributed by atoms with Gasteiger partial charge in [-0.25, -0.2) is 15.0 Å². The fourth-order valence-electron chi connectivity index (χ4n) is 7.14. The third-order valence-electron chi connectivity index (χ3n) is 9.67. The molecule has 0 amide bonds. The van der Waals surface area contributed by atoms with E-state index in [9.17, 15) is 0 Å². The average molecular weight is 1120 g/mol. The van der Waals surface area contributed by atoms with Gasteiger partial charge in [0.15, 0.2) is 0 Å². The van der Waals surface area contributed by atoms with Crippen molar-refractivity contribution in [3.8, 4) is 28.5 Å². The van der Waals surface area contributed by atoms with Gasteiger partial charge in [-0.2, -0.15) is 22.9 Å². The zero-order chi connectivity index (χ0) is 38.0. The monoisotopic (exact) mass is 1120 g/mol. The molecule has 8 nitrogen and oxygen atoms in total. The van der Waals surface area contributed by atoms with Crippen LogP contribution in [-0.2, 0) is 42.1 Å². The number of pyridine rings is 2. The topological polar surface area (TPSA) is 75.9 Å². The Balaban J connectivity index is 0.00000242. The molecule has 0 bridgehead atoms. The minimum Gasteiger partial charge on any atom is -0.352 e. The third kappa shape index (κ3) is 7.73. The van der Waals surface area contributed by atoms with E-state index in [1.54, 1.807) is 12.4 Å². The Morgan fingerprint density at radius 1 is 0.390 bits per heavy atom. The summed E-state index contributed by atoms with van der Waals surface area (Å²) in [5, 5.41) is 1.96. The van der Waals surface area contributed by atoms with E-state index < -0.39 is 0 Å². The van der Waals surface area contributed by atoms with Crippen LogP contribution < -0.4 is 9.80 Å². The van der Waals surface area contributed by atoms with E-state index in [-0.39, 0.29) is 42.1 Å². The Bertz CT molecular complexity index is 2790. The number of para-hydroxylation sites is 2. The van der Waals surface area contributed by atoms with Crippen LogP contribution in [-0.4, -0.2) is 29.5 Å². The summed E-state index contributed by atoms with van der Waals surface area (Å²) in [5.74, 6) is 0.455. The molecule has 0 N–H and O–H groups in total. The number of anilines is 6. The van der Waals surface area contributed by atoms with Crippen molar-refractivity contribution in [3.05, 3.63) is 207 Å². The van der Waals surface area contributed by atoms with E-state index >= 15 is 0 Å². The smallest absolute Gasteiger partial charge is 0.352 e. The molecule has 0 spiro atoms. The predicted molar refractivity (Wildman–Crippen MR) is 225 cm³/mol. The summed E-state index contributed by atoms with van der Waals surface area (Å²) in [5.41, 5.74) is 10.3. The molecule has 10 rings (SSSR count). The van der Waals surface area contributed by atoms with Gasteiger partial charge in [0.2, 0.25) is 5.95 Å². The Kier molecular flexibility index (Phi) is 11.6. The van der Waals surface area contributed by atoms with Crippen molar-refractivity contribution in [2.75, 3.05) is 9.80 Å². The van der Waals surface area contributed by atoms with Gasteiger partial charge in [-0.05, 0) is 59.2 Å². The molecule has 10 aromatic rings. The molecule has 0 saturated heterocycles. The molecule has 0 atom stereocenters. The minimum atomic E-state index is 0. The van der Waals surface area contributed by atoms with E-state index in [2.05, 4.69) is 120 Å². The van der Waals surface area contributed by atoms with Gasteiger partial charge < -0.3 is 24.3 Å². The third-order valence-corrected chi connectivity index (χ3v) is 9.67. The van der Waals surface area contributed by atoms with E-state index in [4.69, 9.17) is 0 Å². The first kappa shape index (κ1) is 39.2. The van der Waals surface area contributed by atoms with Gasteiger partial charge in [-0.15, -0.1) is 83.9 Å². The SMILES string of the molecule is [Pt+2].[Pt+2].[c-]1c(-c2ccccn2)cccc1N(c1[c-]c2c(cc1)c1ccc(N(c3[c-]c(-c4ccccn4)ccc3)c3ccccc3)[c-]c1n2-c1ncncn1)c1ccccc1. The summed E-state index contributed by atoms with van der Waals surface area (Å²) in [6.45, 7) is 0.